The van der Waals surface area contributed by atoms with Gasteiger partial charge in [-0.25, -0.2) is 4.99 Å². The molecule has 1 fully saturated rings. The van der Waals surface area contributed by atoms with E-state index in [0.717, 1.165) is 52.0 Å². The molecule has 0 N–H and O–H groups in total. The molecular weight excluding hydrogens is 356 g/mol. The third-order valence-electron chi connectivity index (χ3n) is 4.54. The smallest absolute Gasteiger partial charge is 0.231 e. The van der Waals surface area contributed by atoms with Crippen LogP contribution in [0.15, 0.2) is 47.5 Å². The Balaban J connectivity index is 1.65. The number of hydrogen-bond acceptors (Lipinski definition) is 4. The number of aryl methyl sites for hydroxylation is 3. The zero-order valence-corrected chi connectivity index (χ0v) is 17.0. The Morgan fingerprint density at radius 3 is 2.78 bits per heavy atom. The van der Waals surface area contributed by atoms with Gasteiger partial charge in [-0.3, -0.25) is 9.69 Å². The molecule has 0 saturated carbocycles. The molecule has 1 amide bonds. The van der Waals surface area contributed by atoms with Crippen LogP contribution in [0.4, 0.5) is 5.69 Å². The van der Waals surface area contributed by atoms with E-state index >= 15 is 0 Å². The quantitative estimate of drug-likeness (QED) is 0.728. The van der Waals surface area contributed by atoms with Gasteiger partial charge in [-0.05, 0) is 56.0 Å². The van der Waals surface area contributed by atoms with Gasteiger partial charge in [0, 0.05) is 12.3 Å². The van der Waals surface area contributed by atoms with Gasteiger partial charge in [0.1, 0.15) is 5.75 Å². The van der Waals surface area contributed by atoms with Gasteiger partial charge in [0.15, 0.2) is 5.17 Å². The largest absolute Gasteiger partial charge is 0.493 e. The van der Waals surface area contributed by atoms with Crippen molar-refractivity contribution in [3.8, 4) is 5.75 Å². The average molecular weight is 383 g/mol. The molecule has 1 heterocycles. The Morgan fingerprint density at radius 2 is 1.96 bits per heavy atom. The van der Waals surface area contributed by atoms with E-state index in [9.17, 15) is 4.79 Å². The predicted octanol–water partition coefficient (Wildman–Crippen LogP) is 5.03. The topological polar surface area (TPSA) is 41.9 Å². The first-order valence-electron chi connectivity index (χ1n) is 9.32. The van der Waals surface area contributed by atoms with E-state index in [4.69, 9.17) is 9.73 Å². The number of benzene rings is 2. The molecule has 1 aliphatic heterocycles. The molecule has 27 heavy (non-hydrogen) atoms. The Hall–Kier alpha value is -2.27. The predicted molar refractivity (Wildman–Crippen MR) is 113 cm³/mol. The van der Waals surface area contributed by atoms with Gasteiger partial charge in [0.2, 0.25) is 5.91 Å². The van der Waals surface area contributed by atoms with Gasteiger partial charge < -0.3 is 4.74 Å². The van der Waals surface area contributed by atoms with E-state index in [1.807, 2.05) is 62.1 Å². The summed E-state index contributed by atoms with van der Waals surface area (Å²) in [5.41, 5.74) is 4.28. The number of hydrogen-bond donors (Lipinski definition) is 0. The normalized spacial score (nSPS) is 15.8. The number of amides is 1. The molecule has 0 atom stereocenters. The number of aliphatic imine (C=N–C) groups is 1. The van der Waals surface area contributed by atoms with Crippen molar-refractivity contribution in [2.75, 3.05) is 18.9 Å². The molecule has 0 aliphatic carbocycles. The molecule has 1 aliphatic rings. The summed E-state index contributed by atoms with van der Waals surface area (Å²) in [6.07, 6.45) is 1.34. The highest BCUT2D eigenvalue weighted by Gasteiger charge is 2.23. The van der Waals surface area contributed by atoms with Crippen molar-refractivity contribution in [1.82, 2.24) is 4.90 Å². The Labute approximate surface area is 165 Å². The Morgan fingerprint density at radius 1 is 1.15 bits per heavy atom. The first-order valence-corrected chi connectivity index (χ1v) is 10.3. The van der Waals surface area contributed by atoms with Crippen LogP contribution in [-0.4, -0.2) is 34.9 Å². The van der Waals surface area contributed by atoms with Crippen molar-refractivity contribution in [3.05, 3.63) is 59.2 Å². The van der Waals surface area contributed by atoms with E-state index in [0.29, 0.717) is 13.0 Å². The number of carbonyl (C=O) groups is 1. The third-order valence-corrected chi connectivity index (χ3v) is 5.60. The van der Waals surface area contributed by atoms with Crippen LogP contribution in [0, 0.1) is 20.8 Å². The summed E-state index contributed by atoms with van der Waals surface area (Å²) in [5, 5.41) is 0.798. The van der Waals surface area contributed by atoms with Crippen LogP contribution in [0.1, 0.15) is 29.5 Å². The molecule has 0 radical (unpaired) electrons. The van der Waals surface area contributed by atoms with Crippen LogP contribution < -0.4 is 4.74 Å². The molecule has 2 aromatic rings. The second-order valence-corrected chi connectivity index (χ2v) is 7.86. The minimum Gasteiger partial charge on any atom is -0.493 e. The summed E-state index contributed by atoms with van der Waals surface area (Å²) < 4.78 is 5.86. The number of amidine groups is 1. The Bertz CT molecular complexity index is 848. The molecule has 0 bridgehead atoms. The summed E-state index contributed by atoms with van der Waals surface area (Å²) in [4.78, 5) is 19.3. The van der Waals surface area contributed by atoms with Gasteiger partial charge >= 0.3 is 0 Å². The van der Waals surface area contributed by atoms with E-state index < -0.39 is 0 Å². The van der Waals surface area contributed by atoms with Crippen molar-refractivity contribution in [1.29, 1.82) is 0 Å². The highest BCUT2D eigenvalue weighted by molar-refractivity contribution is 8.13. The zero-order chi connectivity index (χ0) is 19.2. The number of nitrogens with zero attached hydrogens (tertiary/aromatic N) is 2. The zero-order valence-electron chi connectivity index (χ0n) is 16.2. The average Bonchev–Trinajstić information content (AvgIpc) is 2.66. The number of ether oxygens (including phenoxy) is 1. The van der Waals surface area contributed by atoms with Crippen molar-refractivity contribution in [2.24, 2.45) is 4.99 Å². The second kappa shape index (κ2) is 9.09. The van der Waals surface area contributed by atoms with Crippen molar-refractivity contribution < 1.29 is 9.53 Å². The molecule has 4 nitrogen and oxygen atoms in total. The minimum absolute atomic E-state index is 0.0693. The van der Waals surface area contributed by atoms with E-state index in [-0.39, 0.29) is 5.91 Å². The third kappa shape index (κ3) is 5.13. The maximum Gasteiger partial charge on any atom is 0.231 e. The van der Waals surface area contributed by atoms with Crippen LogP contribution in [0.25, 0.3) is 0 Å². The second-order valence-electron chi connectivity index (χ2n) is 6.80. The summed E-state index contributed by atoms with van der Waals surface area (Å²) in [5.74, 6) is 1.91. The summed E-state index contributed by atoms with van der Waals surface area (Å²) in [6.45, 7) is 7.20. The Kier molecular flexibility index (Phi) is 6.56. The molecule has 142 valence electrons. The lowest BCUT2D eigenvalue weighted by Gasteiger charge is -2.28. The van der Waals surface area contributed by atoms with Crippen LogP contribution in [0.2, 0.25) is 0 Å². The molecule has 5 heteroatoms. The first kappa shape index (κ1) is 19.5. The summed E-state index contributed by atoms with van der Waals surface area (Å²) in [6, 6.07) is 14.1. The lowest BCUT2D eigenvalue weighted by molar-refractivity contribution is -0.127. The standard InChI is InChI=1S/C22H26N2O2S/c1-16-9-10-18(3)20(15-16)26-13-11-21(25)24-12-6-14-27-22(24)23-19-8-5-4-7-17(19)2/h4-5,7-10,15H,6,11-14H2,1-3H3. The number of carbonyl (C=O) groups excluding carboxylic acids is 1. The maximum atomic E-state index is 12.8. The molecule has 0 aromatic heterocycles. The van der Waals surface area contributed by atoms with Crippen molar-refractivity contribution in [2.45, 2.75) is 33.6 Å². The minimum atomic E-state index is 0.0693. The number of para-hydroxylation sites is 1. The lowest BCUT2D eigenvalue weighted by atomic mass is 10.1. The van der Waals surface area contributed by atoms with Crippen LogP contribution in [0.5, 0.6) is 5.75 Å². The van der Waals surface area contributed by atoms with Crippen molar-refractivity contribution in [3.63, 3.8) is 0 Å². The SMILES string of the molecule is Cc1ccc(C)c(OCCC(=O)N2CCCSC2=Nc2ccccc2C)c1. The highest BCUT2D eigenvalue weighted by atomic mass is 32.2. The van der Waals surface area contributed by atoms with Crippen LogP contribution in [-0.2, 0) is 4.79 Å². The molecule has 0 unspecified atom stereocenters. The van der Waals surface area contributed by atoms with E-state index in [1.54, 1.807) is 11.8 Å². The van der Waals surface area contributed by atoms with Crippen molar-refractivity contribution >= 4 is 28.5 Å². The maximum absolute atomic E-state index is 12.8. The molecule has 3 rings (SSSR count). The van der Waals surface area contributed by atoms with Gasteiger partial charge in [-0.1, -0.05) is 42.1 Å². The van der Waals surface area contributed by atoms with Gasteiger partial charge in [0.25, 0.3) is 0 Å². The fourth-order valence-corrected chi connectivity index (χ4v) is 3.89. The molecular formula is C22H26N2O2S. The number of thioether (sulfide) groups is 1. The lowest BCUT2D eigenvalue weighted by Crippen LogP contribution is -2.39. The summed E-state index contributed by atoms with van der Waals surface area (Å²) >= 11 is 1.65. The van der Waals surface area contributed by atoms with Crippen LogP contribution in [0.3, 0.4) is 0 Å². The fraction of sp³-hybridized carbons (Fsp3) is 0.364. The molecule has 2 aromatic carbocycles. The first-order chi connectivity index (χ1) is 13.0. The molecule has 0 spiro atoms. The van der Waals surface area contributed by atoms with Crippen LogP contribution >= 0.6 is 11.8 Å². The van der Waals surface area contributed by atoms with Gasteiger partial charge in [-0.2, -0.15) is 0 Å². The fourth-order valence-electron chi connectivity index (χ4n) is 2.92. The van der Waals surface area contributed by atoms with E-state index in [1.165, 1.54) is 0 Å². The monoisotopic (exact) mass is 382 g/mol. The van der Waals surface area contributed by atoms with Gasteiger partial charge in [0.05, 0.1) is 18.7 Å². The number of rotatable bonds is 5. The van der Waals surface area contributed by atoms with Gasteiger partial charge in [-0.15, -0.1) is 0 Å². The highest BCUT2D eigenvalue weighted by Crippen LogP contribution is 2.25. The molecule has 1 saturated heterocycles. The summed E-state index contributed by atoms with van der Waals surface area (Å²) in [7, 11) is 0. The van der Waals surface area contributed by atoms with E-state index in [2.05, 4.69) is 6.07 Å².